The summed E-state index contributed by atoms with van der Waals surface area (Å²) in [5.74, 6) is -0.904. The summed E-state index contributed by atoms with van der Waals surface area (Å²) in [7, 11) is -4.17. The molecule has 9 nitrogen and oxygen atoms in total. The van der Waals surface area contributed by atoms with E-state index in [1.54, 1.807) is 24.3 Å². The molecule has 28 heavy (non-hydrogen) atoms. The molecule has 1 fully saturated rings. The molecule has 0 spiro atoms. The quantitative estimate of drug-likeness (QED) is 0.672. The van der Waals surface area contributed by atoms with E-state index in [0.29, 0.717) is 23.6 Å². The Morgan fingerprint density at radius 3 is 2.71 bits per heavy atom. The average molecular weight is 427 g/mol. The van der Waals surface area contributed by atoms with Crippen molar-refractivity contribution in [2.75, 3.05) is 18.4 Å². The standard InChI is InChI=1S/C17H19ClN4O5S/c1-10-14(16(24)21-17(25)19-10)28(26,27)22-7-3-4-11(9-22)15(23)20-13-6-2-5-12(18)8-13/h2,5-6,8,11H,3-4,7,9H2,1H3,(H,20,23)(H2,19,21,24,25). The van der Waals surface area contributed by atoms with Gasteiger partial charge in [0.05, 0.1) is 5.92 Å². The van der Waals surface area contributed by atoms with Gasteiger partial charge in [0.25, 0.3) is 5.56 Å². The number of hydrogen-bond acceptors (Lipinski definition) is 5. The lowest BCUT2D eigenvalue weighted by Crippen LogP contribution is -2.45. The molecule has 1 atom stereocenters. The molecule has 3 rings (SSSR count). The maximum atomic E-state index is 12.9. The number of nitrogens with one attached hydrogen (secondary N) is 3. The first kappa shape index (κ1) is 20.3. The van der Waals surface area contributed by atoms with Crippen LogP contribution in [-0.2, 0) is 14.8 Å². The summed E-state index contributed by atoms with van der Waals surface area (Å²) in [5.41, 5.74) is -1.28. The average Bonchev–Trinajstić information content (AvgIpc) is 2.60. The molecule has 1 unspecified atom stereocenters. The summed E-state index contributed by atoms with van der Waals surface area (Å²) in [6.07, 6.45) is 0.979. The third kappa shape index (κ3) is 4.18. The van der Waals surface area contributed by atoms with Crippen molar-refractivity contribution in [1.29, 1.82) is 0 Å². The Balaban J connectivity index is 1.82. The van der Waals surface area contributed by atoms with Crippen LogP contribution in [0.3, 0.4) is 0 Å². The van der Waals surface area contributed by atoms with E-state index in [1.165, 1.54) is 6.92 Å². The summed E-state index contributed by atoms with van der Waals surface area (Å²) < 4.78 is 27.0. The van der Waals surface area contributed by atoms with Crippen LogP contribution in [0.2, 0.25) is 5.02 Å². The van der Waals surface area contributed by atoms with Crippen LogP contribution in [0.5, 0.6) is 0 Å². The zero-order valence-corrected chi connectivity index (χ0v) is 16.6. The number of halogens is 1. The van der Waals surface area contributed by atoms with Gasteiger partial charge in [-0.3, -0.25) is 14.6 Å². The van der Waals surface area contributed by atoms with Crippen molar-refractivity contribution in [3.8, 4) is 0 Å². The van der Waals surface area contributed by atoms with Gasteiger partial charge in [0.2, 0.25) is 15.9 Å². The summed E-state index contributed by atoms with van der Waals surface area (Å²) in [4.78, 5) is 39.7. The molecule has 1 amide bonds. The number of aromatic amines is 2. The van der Waals surface area contributed by atoms with Crippen LogP contribution < -0.4 is 16.6 Å². The SMILES string of the molecule is Cc1[nH]c(=O)[nH]c(=O)c1S(=O)(=O)N1CCCC(C(=O)Nc2cccc(Cl)c2)C1. The van der Waals surface area contributed by atoms with Crippen LogP contribution in [0.1, 0.15) is 18.5 Å². The number of aryl methyl sites for hydroxylation is 1. The number of piperidine rings is 1. The highest BCUT2D eigenvalue weighted by Gasteiger charge is 2.35. The molecule has 1 saturated heterocycles. The fraction of sp³-hybridized carbons (Fsp3) is 0.353. The zero-order chi connectivity index (χ0) is 20.5. The van der Waals surface area contributed by atoms with Crippen molar-refractivity contribution in [3.63, 3.8) is 0 Å². The van der Waals surface area contributed by atoms with E-state index in [4.69, 9.17) is 11.6 Å². The largest absolute Gasteiger partial charge is 0.326 e. The van der Waals surface area contributed by atoms with Crippen molar-refractivity contribution < 1.29 is 13.2 Å². The molecule has 1 aromatic heterocycles. The first-order valence-electron chi connectivity index (χ1n) is 8.58. The van der Waals surface area contributed by atoms with Gasteiger partial charge >= 0.3 is 5.69 Å². The van der Waals surface area contributed by atoms with Gasteiger partial charge < -0.3 is 10.3 Å². The second-order valence-electron chi connectivity index (χ2n) is 6.56. The van der Waals surface area contributed by atoms with E-state index >= 15 is 0 Å². The second-order valence-corrected chi connectivity index (χ2v) is 8.88. The second kappa shape index (κ2) is 7.90. The zero-order valence-electron chi connectivity index (χ0n) is 15.0. The lowest BCUT2D eigenvalue weighted by Gasteiger charge is -2.31. The molecular weight excluding hydrogens is 408 g/mol. The number of carbonyl (C=O) groups is 1. The minimum atomic E-state index is -4.17. The smallest absolute Gasteiger partial charge is 0.325 e. The summed E-state index contributed by atoms with van der Waals surface area (Å²) in [6.45, 7) is 1.46. The number of anilines is 1. The van der Waals surface area contributed by atoms with Gasteiger partial charge in [0.15, 0.2) is 4.90 Å². The number of amides is 1. The molecule has 0 bridgehead atoms. The Bertz CT molecular complexity index is 1120. The van der Waals surface area contributed by atoms with Crippen LogP contribution in [0.25, 0.3) is 0 Å². The lowest BCUT2D eigenvalue weighted by atomic mass is 9.99. The van der Waals surface area contributed by atoms with Gasteiger partial charge in [-0.1, -0.05) is 17.7 Å². The first-order chi connectivity index (χ1) is 13.2. The van der Waals surface area contributed by atoms with Gasteiger partial charge in [0.1, 0.15) is 0 Å². The number of carbonyl (C=O) groups excluding carboxylic acids is 1. The van der Waals surface area contributed by atoms with Crippen molar-refractivity contribution in [1.82, 2.24) is 14.3 Å². The van der Waals surface area contributed by atoms with E-state index in [-0.39, 0.29) is 24.7 Å². The van der Waals surface area contributed by atoms with Crippen molar-refractivity contribution in [3.05, 3.63) is 55.8 Å². The van der Waals surface area contributed by atoms with Gasteiger partial charge in [-0.25, -0.2) is 13.2 Å². The van der Waals surface area contributed by atoms with E-state index in [1.807, 2.05) is 4.98 Å². The third-order valence-electron chi connectivity index (χ3n) is 4.52. The van der Waals surface area contributed by atoms with Crippen LogP contribution in [0, 0.1) is 12.8 Å². The minimum absolute atomic E-state index is 0.0424. The molecule has 11 heteroatoms. The number of sulfonamides is 1. The maximum absolute atomic E-state index is 12.9. The lowest BCUT2D eigenvalue weighted by molar-refractivity contribution is -0.120. The van der Waals surface area contributed by atoms with Gasteiger partial charge in [0, 0.05) is 29.5 Å². The molecule has 2 aromatic rings. The molecule has 150 valence electrons. The van der Waals surface area contributed by atoms with Crippen LogP contribution in [0.4, 0.5) is 5.69 Å². The Kier molecular flexibility index (Phi) is 5.73. The number of benzene rings is 1. The summed E-state index contributed by atoms with van der Waals surface area (Å²) in [6, 6.07) is 6.65. The van der Waals surface area contributed by atoms with E-state index in [2.05, 4.69) is 10.3 Å². The predicted molar refractivity (Wildman–Crippen MR) is 104 cm³/mol. The molecule has 1 aromatic carbocycles. The van der Waals surface area contributed by atoms with E-state index in [0.717, 1.165) is 4.31 Å². The van der Waals surface area contributed by atoms with Gasteiger partial charge in [-0.05, 0) is 38.0 Å². The normalized spacial score (nSPS) is 18.0. The number of rotatable bonds is 4. The molecule has 0 radical (unpaired) electrons. The van der Waals surface area contributed by atoms with Crippen molar-refractivity contribution in [2.24, 2.45) is 5.92 Å². The topological polar surface area (TPSA) is 132 Å². The Hall–Kier alpha value is -2.43. The fourth-order valence-electron chi connectivity index (χ4n) is 3.21. The highest BCUT2D eigenvalue weighted by atomic mass is 35.5. The number of hydrogen-bond donors (Lipinski definition) is 3. The van der Waals surface area contributed by atoms with Crippen molar-refractivity contribution >= 4 is 33.2 Å². The highest BCUT2D eigenvalue weighted by molar-refractivity contribution is 7.89. The Morgan fingerprint density at radius 2 is 2.04 bits per heavy atom. The minimum Gasteiger partial charge on any atom is -0.326 e. The molecule has 0 aliphatic carbocycles. The summed E-state index contributed by atoms with van der Waals surface area (Å²) in [5, 5.41) is 3.20. The van der Waals surface area contributed by atoms with Crippen LogP contribution in [0.15, 0.2) is 38.8 Å². The molecule has 2 heterocycles. The van der Waals surface area contributed by atoms with Crippen LogP contribution >= 0.6 is 11.6 Å². The highest BCUT2D eigenvalue weighted by Crippen LogP contribution is 2.24. The molecule has 3 N–H and O–H groups in total. The Labute approximate surface area is 165 Å². The van der Waals surface area contributed by atoms with Gasteiger partial charge in [-0.2, -0.15) is 4.31 Å². The van der Waals surface area contributed by atoms with Crippen LogP contribution in [-0.4, -0.2) is 41.7 Å². The monoisotopic (exact) mass is 426 g/mol. The fourth-order valence-corrected chi connectivity index (χ4v) is 5.13. The number of aromatic nitrogens is 2. The number of H-pyrrole nitrogens is 2. The van der Waals surface area contributed by atoms with E-state index in [9.17, 15) is 22.8 Å². The first-order valence-corrected chi connectivity index (χ1v) is 10.4. The molecule has 0 saturated carbocycles. The van der Waals surface area contributed by atoms with Gasteiger partial charge in [-0.15, -0.1) is 0 Å². The third-order valence-corrected chi connectivity index (χ3v) is 6.77. The predicted octanol–water partition coefficient (Wildman–Crippen LogP) is 1.06. The maximum Gasteiger partial charge on any atom is 0.325 e. The Morgan fingerprint density at radius 1 is 1.29 bits per heavy atom. The van der Waals surface area contributed by atoms with E-state index < -0.39 is 32.1 Å². The van der Waals surface area contributed by atoms with Crippen molar-refractivity contribution in [2.45, 2.75) is 24.7 Å². The molecule has 1 aliphatic rings. The molecular formula is C17H19ClN4O5S. The summed E-state index contributed by atoms with van der Waals surface area (Å²) >= 11 is 5.91. The number of nitrogens with zero attached hydrogens (tertiary/aromatic N) is 1. The molecule has 1 aliphatic heterocycles.